The monoisotopic (exact) mass is 465 g/mol. The van der Waals surface area contributed by atoms with Gasteiger partial charge in [0.15, 0.2) is 0 Å². The topological polar surface area (TPSA) is 117 Å². The standard InChI is InChI=1S/C24H23N3O5S/c1-15-13-17(8-7-16(15)14-25)27-22(28)20-19-9-10-24(32-19,21(20)23(27)29)11-12-26-33(30,31)18-5-3-2-4-6-18/h2-8,13,19-21,26H,9-12H2,1H3/t19?,20-,21+,24?/m0/s1. The Labute approximate surface area is 192 Å². The van der Waals surface area contributed by atoms with Gasteiger partial charge in [-0.2, -0.15) is 5.26 Å². The van der Waals surface area contributed by atoms with Gasteiger partial charge >= 0.3 is 0 Å². The second-order valence-corrected chi connectivity index (χ2v) is 10.6. The molecule has 0 saturated carbocycles. The maximum absolute atomic E-state index is 13.5. The third kappa shape index (κ3) is 3.37. The molecule has 3 fully saturated rings. The highest BCUT2D eigenvalue weighted by Gasteiger charge is 2.69. The van der Waals surface area contributed by atoms with E-state index in [-0.39, 0.29) is 29.4 Å². The van der Waals surface area contributed by atoms with Crippen molar-refractivity contribution in [2.45, 2.75) is 42.8 Å². The molecule has 8 nitrogen and oxygen atoms in total. The summed E-state index contributed by atoms with van der Waals surface area (Å²) in [4.78, 5) is 28.1. The number of nitrogens with one attached hydrogen (secondary N) is 1. The molecule has 0 spiro atoms. The van der Waals surface area contributed by atoms with Gasteiger partial charge in [-0.3, -0.25) is 9.59 Å². The van der Waals surface area contributed by atoms with Crippen molar-refractivity contribution in [3.05, 3.63) is 59.7 Å². The molecule has 33 heavy (non-hydrogen) atoms. The van der Waals surface area contributed by atoms with E-state index in [0.29, 0.717) is 36.1 Å². The minimum Gasteiger partial charge on any atom is -0.370 e. The van der Waals surface area contributed by atoms with Gasteiger partial charge in [0.05, 0.1) is 45.8 Å². The molecule has 0 radical (unpaired) electrons. The number of carbonyl (C=O) groups excluding carboxylic acids is 2. The number of benzene rings is 2. The average molecular weight is 466 g/mol. The highest BCUT2D eigenvalue weighted by Crippen LogP contribution is 2.57. The molecule has 2 aromatic carbocycles. The van der Waals surface area contributed by atoms with E-state index in [2.05, 4.69) is 10.8 Å². The quantitative estimate of drug-likeness (QED) is 0.654. The zero-order chi connectivity index (χ0) is 23.4. The zero-order valence-electron chi connectivity index (χ0n) is 18.0. The molecule has 4 atom stereocenters. The van der Waals surface area contributed by atoms with Crippen LogP contribution in [0.4, 0.5) is 5.69 Å². The van der Waals surface area contributed by atoms with Crippen LogP contribution in [0.3, 0.4) is 0 Å². The summed E-state index contributed by atoms with van der Waals surface area (Å²) in [6.07, 6.45) is 1.22. The number of rotatable bonds is 6. The van der Waals surface area contributed by atoms with Crippen molar-refractivity contribution in [3.8, 4) is 6.07 Å². The molecule has 3 aliphatic heterocycles. The number of anilines is 1. The summed E-state index contributed by atoms with van der Waals surface area (Å²) in [5.74, 6) is -1.80. The number of sulfonamides is 1. The third-order valence-electron chi connectivity index (χ3n) is 7.04. The van der Waals surface area contributed by atoms with Crippen LogP contribution in [0.2, 0.25) is 0 Å². The van der Waals surface area contributed by atoms with E-state index in [0.717, 1.165) is 0 Å². The molecule has 9 heteroatoms. The van der Waals surface area contributed by atoms with Crippen molar-refractivity contribution >= 4 is 27.5 Å². The maximum Gasteiger partial charge on any atom is 0.240 e. The Morgan fingerprint density at radius 3 is 2.64 bits per heavy atom. The predicted octanol–water partition coefficient (Wildman–Crippen LogP) is 2.27. The summed E-state index contributed by atoms with van der Waals surface area (Å²) in [6.45, 7) is 1.87. The second kappa shape index (κ2) is 7.76. The fourth-order valence-corrected chi connectivity index (χ4v) is 6.55. The Kier molecular flexibility index (Phi) is 5.12. The fourth-order valence-electron chi connectivity index (χ4n) is 5.49. The van der Waals surface area contributed by atoms with Gasteiger partial charge in [-0.05, 0) is 62.1 Å². The van der Waals surface area contributed by atoms with Crippen LogP contribution < -0.4 is 9.62 Å². The number of aryl methyl sites for hydroxylation is 1. The largest absolute Gasteiger partial charge is 0.370 e. The summed E-state index contributed by atoms with van der Waals surface area (Å²) in [5, 5.41) is 9.17. The van der Waals surface area contributed by atoms with Gasteiger partial charge in [0.1, 0.15) is 0 Å². The molecule has 1 N–H and O–H groups in total. The third-order valence-corrected chi connectivity index (χ3v) is 8.52. The van der Waals surface area contributed by atoms with Gasteiger partial charge in [0.2, 0.25) is 21.8 Å². The van der Waals surface area contributed by atoms with E-state index in [9.17, 15) is 23.3 Å². The fraction of sp³-hybridized carbons (Fsp3) is 0.375. The van der Waals surface area contributed by atoms with Crippen molar-refractivity contribution in [2.75, 3.05) is 11.4 Å². The lowest BCUT2D eigenvalue weighted by atomic mass is 9.71. The van der Waals surface area contributed by atoms with Crippen LogP contribution in [0, 0.1) is 30.1 Å². The predicted molar refractivity (Wildman–Crippen MR) is 118 cm³/mol. The normalized spacial score (nSPS) is 28.2. The minimum atomic E-state index is -3.68. The van der Waals surface area contributed by atoms with Crippen LogP contribution in [0.5, 0.6) is 0 Å². The lowest BCUT2D eigenvalue weighted by molar-refractivity contribution is -0.127. The number of nitrogens with zero attached hydrogens (tertiary/aromatic N) is 2. The molecule has 3 aliphatic rings. The number of hydrogen-bond donors (Lipinski definition) is 1. The van der Waals surface area contributed by atoms with Crippen LogP contribution >= 0.6 is 0 Å². The summed E-state index contributed by atoms with van der Waals surface area (Å²) in [7, 11) is -3.68. The first-order chi connectivity index (χ1) is 15.8. The van der Waals surface area contributed by atoms with Crippen LogP contribution in [0.1, 0.15) is 30.4 Å². The minimum absolute atomic E-state index is 0.102. The van der Waals surface area contributed by atoms with Gasteiger partial charge in [-0.1, -0.05) is 18.2 Å². The Morgan fingerprint density at radius 2 is 1.94 bits per heavy atom. The molecule has 0 aromatic heterocycles. The van der Waals surface area contributed by atoms with Crippen molar-refractivity contribution < 1.29 is 22.7 Å². The molecule has 2 bridgehead atoms. The average Bonchev–Trinajstić information content (AvgIpc) is 3.44. The Hall–Kier alpha value is -3.06. The first-order valence-electron chi connectivity index (χ1n) is 10.9. The number of ether oxygens (including phenoxy) is 1. The first kappa shape index (κ1) is 21.8. The highest BCUT2D eigenvalue weighted by atomic mass is 32.2. The zero-order valence-corrected chi connectivity index (χ0v) is 18.8. The van der Waals surface area contributed by atoms with Gasteiger partial charge in [0, 0.05) is 6.54 Å². The van der Waals surface area contributed by atoms with Crippen LogP contribution in [0.15, 0.2) is 53.4 Å². The molecular weight excluding hydrogens is 442 g/mol. The summed E-state index contributed by atoms with van der Waals surface area (Å²) in [6, 6.07) is 15.1. The lowest BCUT2D eigenvalue weighted by Gasteiger charge is -2.31. The number of carbonyl (C=O) groups is 2. The molecule has 5 rings (SSSR count). The molecule has 2 aromatic rings. The van der Waals surface area contributed by atoms with E-state index in [4.69, 9.17) is 4.74 Å². The highest BCUT2D eigenvalue weighted by molar-refractivity contribution is 7.89. The van der Waals surface area contributed by atoms with Crippen molar-refractivity contribution in [3.63, 3.8) is 0 Å². The van der Waals surface area contributed by atoms with Crippen molar-refractivity contribution in [1.29, 1.82) is 5.26 Å². The molecule has 3 heterocycles. The van der Waals surface area contributed by atoms with E-state index in [1.54, 1.807) is 43.3 Å². The van der Waals surface area contributed by atoms with E-state index in [1.165, 1.54) is 17.0 Å². The summed E-state index contributed by atoms with van der Waals surface area (Å²) >= 11 is 0. The lowest BCUT2D eigenvalue weighted by Crippen LogP contribution is -2.44. The number of fused-ring (bicyclic) bond motifs is 5. The van der Waals surface area contributed by atoms with Crippen LogP contribution in [-0.4, -0.2) is 38.5 Å². The number of nitriles is 1. The van der Waals surface area contributed by atoms with Crippen LogP contribution in [0.25, 0.3) is 0 Å². The van der Waals surface area contributed by atoms with Gasteiger partial charge < -0.3 is 4.74 Å². The number of imide groups is 1. The number of amides is 2. The smallest absolute Gasteiger partial charge is 0.240 e. The molecule has 2 amide bonds. The molecular formula is C24H23N3O5S. The Bertz CT molecular complexity index is 1290. The van der Waals surface area contributed by atoms with Crippen LogP contribution in [-0.2, 0) is 24.3 Å². The van der Waals surface area contributed by atoms with E-state index < -0.39 is 27.5 Å². The van der Waals surface area contributed by atoms with Gasteiger partial charge in [0.25, 0.3) is 0 Å². The van der Waals surface area contributed by atoms with Crippen molar-refractivity contribution in [2.24, 2.45) is 11.8 Å². The summed E-state index contributed by atoms with van der Waals surface area (Å²) in [5.41, 5.74) is 0.772. The Balaban J connectivity index is 1.37. The molecule has 170 valence electrons. The van der Waals surface area contributed by atoms with Crippen molar-refractivity contribution in [1.82, 2.24) is 4.72 Å². The Morgan fingerprint density at radius 1 is 1.18 bits per heavy atom. The maximum atomic E-state index is 13.5. The first-order valence-corrected chi connectivity index (χ1v) is 12.4. The number of hydrogen-bond acceptors (Lipinski definition) is 6. The molecule has 2 unspecified atom stereocenters. The van der Waals surface area contributed by atoms with E-state index in [1.807, 2.05) is 0 Å². The molecule has 3 saturated heterocycles. The second-order valence-electron chi connectivity index (χ2n) is 8.85. The molecule has 0 aliphatic carbocycles. The van der Waals surface area contributed by atoms with Gasteiger partial charge in [-0.25, -0.2) is 18.0 Å². The van der Waals surface area contributed by atoms with Gasteiger partial charge in [-0.15, -0.1) is 0 Å². The SMILES string of the molecule is Cc1cc(N2C(=O)[C@H]3C4CCC(CCNS(=O)(=O)c5ccccc5)(O4)[C@H]3C2=O)ccc1C#N. The summed E-state index contributed by atoms with van der Waals surface area (Å²) < 4.78 is 33.9. The van der Waals surface area contributed by atoms with E-state index >= 15 is 0 Å².